The van der Waals surface area contributed by atoms with Crippen molar-refractivity contribution in [1.82, 2.24) is 25.3 Å². The summed E-state index contributed by atoms with van der Waals surface area (Å²) in [5.74, 6) is 2.20. The highest BCUT2D eigenvalue weighted by atomic mass is 19.1. The number of aromatic nitrogens is 4. The number of ether oxygens (including phenoxy) is 1. The van der Waals surface area contributed by atoms with Gasteiger partial charge in [0.15, 0.2) is 5.82 Å². The van der Waals surface area contributed by atoms with E-state index in [1.807, 2.05) is 12.1 Å². The van der Waals surface area contributed by atoms with Gasteiger partial charge in [0.05, 0.1) is 36.1 Å². The molecule has 0 saturated carbocycles. The average Bonchev–Trinajstić information content (AvgIpc) is 2.86. The van der Waals surface area contributed by atoms with Crippen LogP contribution in [-0.2, 0) is 0 Å². The number of halogens is 1. The van der Waals surface area contributed by atoms with Crippen LogP contribution in [-0.4, -0.2) is 53.2 Å². The Hall–Kier alpha value is -3.85. The molecule has 0 radical (unpaired) electrons. The molecule has 4 aromatic rings. The lowest BCUT2D eigenvalue weighted by atomic mass is 10.2. The highest BCUT2D eigenvalue weighted by Gasteiger charge is 2.21. The summed E-state index contributed by atoms with van der Waals surface area (Å²) in [6.07, 6.45) is 5.06. The van der Waals surface area contributed by atoms with Crippen LogP contribution < -0.4 is 20.3 Å². The van der Waals surface area contributed by atoms with Crippen molar-refractivity contribution in [3.63, 3.8) is 0 Å². The molecule has 5 rings (SSSR count). The van der Waals surface area contributed by atoms with Crippen LogP contribution in [0.5, 0.6) is 5.75 Å². The van der Waals surface area contributed by atoms with Crippen molar-refractivity contribution in [1.29, 1.82) is 0 Å². The summed E-state index contributed by atoms with van der Waals surface area (Å²) in [5, 5.41) is 7.27. The quantitative estimate of drug-likeness (QED) is 0.481. The maximum atomic E-state index is 14.5. The third-order valence-corrected chi connectivity index (χ3v) is 5.66. The first-order valence-electron chi connectivity index (χ1n) is 10.8. The number of nitrogens with one attached hydrogen (secondary N) is 2. The number of benzene rings is 1. The van der Waals surface area contributed by atoms with Crippen molar-refractivity contribution in [2.75, 3.05) is 43.5 Å². The lowest BCUT2D eigenvalue weighted by molar-refractivity contribution is 0.418. The Balaban J connectivity index is 1.59. The normalized spacial score (nSPS) is 13.8. The van der Waals surface area contributed by atoms with Gasteiger partial charge in [-0.2, -0.15) is 0 Å². The summed E-state index contributed by atoms with van der Waals surface area (Å²) < 4.78 is 20.0. The molecule has 2 N–H and O–H groups in total. The van der Waals surface area contributed by atoms with Crippen LogP contribution in [0.2, 0.25) is 0 Å². The fraction of sp³-hybridized carbons (Fsp3) is 0.250. The number of fused-ring (bicyclic) bond motifs is 1. The van der Waals surface area contributed by atoms with E-state index in [9.17, 15) is 4.39 Å². The van der Waals surface area contributed by atoms with Crippen molar-refractivity contribution in [3.8, 4) is 17.1 Å². The second-order valence-electron chi connectivity index (χ2n) is 7.83. The second-order valence-corrected chi connectivity index (χ2v) is 7.83. The summed E-state index contributed by atoms with van der Waals surface area (Å²) in [6.45, 7) is 5.13. The standard InChI is InChI=1S/C24H24FN7O/c1-15-4-3-5-17(22(15)25)29-20-12-16(6-7-28-20)23-30-18-13-27-14-19(33-2)21(18)24(31-23)32-10-8-26-9-11-32/h3-7,12-14,26H,8-11H2,1-2H3,(H,28,29). The van der Waals surface area contributed by atoms with Gasteiger partial charge in [-0.3, -0.25) is 4.98 Å². The molecule has 0 spiro atoms. The van der Waals surface area contributed by atoms with E-state index in [1.165, 1.54) is 0 Å². The summed E-state index contributed by atoms with van der Waals surface area (Å²) in [5.41, 5.74) is 2.40. The molecule has 0 atom stereocenters. The van der Waals surface area contributed by atoms with E-state index >= 15 is 0 Å². The Morgan fingerprint density at radius 1 is 1.12 bits per heavy atom. The lowest BCUT2D eigenvalue weighted by Gasteiger charge is -2.29. The number of aryl methyl sites for hydroxylation is 1. The minimum Gasteiger partial charge on any atom is -0.494 e. The molecule has 8 nitrogen and oxygen atoms in total. The van der Waals surface area contributed by atoms with Crippen molar-refractivity contribution >= 4 is 28.2 Å². The molecule has 168 valence electrons. The number of anilines is 3. The average molecular weight is 446 g/mol. The van der Waals surface area contributed by atoms with Crippen LogP contribution in [0, 0.1) is 12.7 Å². The van der Waals surface area contributed by atoms with Gasteiger partial charge in [0, 0.05) is 37.9 Å². The highest BCUT2D eigenvalue weighted by molar-refractivity contribution is 5.95. The number of pyridine rings is 2. The van der Waals surface area contributed by atoms with Gasteiger partial charge in [0.1, 0.15) is 23.2 Å². The summed E-state index contributed by atoms with van der Waals surface area (Å²) in [4.78, 5) is 20.6. The maximum Gasteiger partial charge on any atom is 0.162 e. The molecular weight excluding hydrogens is 421 g/mol. The zero-order valence-corrected chi connectivity index (χ0v) is 18.5. The minimum absolute atomic E-state index is 0.300. The second kappa shape index (κ2) is 8.95. The summed E-state index contributed by atoms with van der Waals surface area (Å²) in [6, 6.07) is 8.88. The Bertz CT molecular complexity index is 1310. The molecule has 4 heterocycles. The van der Waals surface area contributed by atoms with Gasteiger partial charge in [0.25, 0.3) is 0 Å². The van der Waals surface area contributed by atoms with E-state index < -0.39 is 0 Å². The number of piperazine rings is 1. The molecule has 1 aliphatic heterocycles. The molecule has 1 saturated heterocycles. The molecular formula is C24H24FN7O. The molecule has 1 aromatic carbocycles. The van der Waals surface area contributed by atoms with Crippen molar-refractivity contribution < 1.29 is 9.13 Å². The highest BCUT2D eigenvalue weighted by Crippen LogP contribution is 2.34. The molecule has 3 aromatic heterocycles. The predicted octanol–water partition coefficient (Wildman–Crippen LogP) is 3.70. The maximum absolute atomic E-state index is 14.5. The lowest BCUT2D eigenvalue weighted by Crippen LogP contribution is -2.44. The van der Waals surface area contributed by atoms with Crippen LogP contribution >= 0.6 is 0 Å². The monoisotopic (exact) mass is 445 g/mol. The Labute approximate surface area is 190 Å². The predicted molar refractivity (Wildman–Crippen MR) is 127 cm³/mol. The number of nitrogens with zero attached hydrogens (tertiary/aromatic N) is 5. The van der Waals surface area contributed by atoms with Crippen LogP contribution in [0.4, 0.5) is 21.7 Å². The van der Waals surface area contributed by atoms with Gasteiger partial charge in [-0.15, -0.1) is 0 Å². The first kappa shape index (κ1) is 21.0. The largest absolute Gasteiger partial charge is 0.494 e. The molecule has 0 bridgehead atoms. The van der Waals surface area contributed by atoms with Crippen LogP contribution in [0.15, 0.2) is 48.9 Å². The third-order valence-electron chi connectivity index (χ3n) is 5.66. The molecule has 0 amide bonds. The van der Waals surface area contributed by atoms with Crippen LogP contribution in [0.3, 0.4) is 0 Å². The molecule has 33 heavy (non-hydrogen) atoms. The van der Waals surface area contributed by atoms with Crippen molar-refractivity contribution in [3.05, 3.63) is 60.3 Å². The fourth-order valence-electron chi connectivity index (χ4n) is 3.94. The number of hydrogen-bond acceptors (Lipinski definition) is 8. The van der Waals surface area contributed by atoms with E-state index in [0.717, 1.165) is 42.9 Å². The summed E-state index contributed by atoms with van der Waals surface area (Å²) >= 11 is 0. The van der Waals surface area contributed by atoms with E-state index in [-0.39, 0.29) is 5.82 Å². The van der Waals surface area contributed by atoms with E-state index in [4.69, 9.17) is 14.7 Å². The van der Waals surface area contributed by atoms with E-state index in [1.54, 1.807) is 50.8 Å². The van der Waals surface area contributed by atoms with Gasteiger partial charge in [-0.05, 0) is 30.7 Å². The zero-order chi connectivity index (χ0) is 22.8. The SMILES string of the molecule is COc1cncc2nc(-c3ccnc(Nc4cccc(C)c4F)c3)nc(N3CCNCC3)c12. The van der Waals surface area contributed by atoms with Gasteiger partial charge < -0.3 is 20.3 Å². The number of hydrogen-bond donors (Lipinski definition) is 2. The number of rotatable bonds is 5. The van der Waals surface area contributed by atoms with Gasteiger partial charge in [-0.25, -0.2) is 19.3 Å². The molecule has 1 aliphatic rings. The smallest absolute Gasteiger partial charge is 0.162 e. The first-order valence-corrected chi connectivity index (χ1v) is 10.8. The molecule has 9 heteroatoms. The van der Waals surface area contributed by atoms with Crippen molar-refractivity contribution in [2.45, 2.75) is 6.92 Å². The van der Waals surface area contributed by atoms with Crippen molar-refractivity contribution in [2.24, 2.45) is 0 Å². The Kier molecular flexibility index (Phi) is 5.70. The van der Waals surface area contributed by atoms with Gasteiger partial charge in [0.2, 0.25) is 0 Å². The molecule has 0 aliphatic carbocycles. The first-order chi connectivity index (χ1) is 16.1. The molecule has 0 unspecified atom stereocenters. The van der Waals surface area contributed by atoms with Crippen LogP contribution in [0.25, 0.3) is 22.3 Å². The van der Waals surface area contributed by atoms with Crippen LogP contribution in [0.1, 0.15) is 5.56 Å². The third kappa shape index (κ3) is 4.14. The van der Waals surface area contributed by atoms with E-state index in [0.29, 0.717) is 34.2 Å². The fourth-order valence-corrected chi connectivity index (χ4v) is 3.94. The number of methoxy groups -OCH3 is 1. The van der Waals surface area contributed by atoms with Gasteiger partial charge in [-0.1, -0.05) is 12.1 Å². The Morgan fingerprint density at radius 2 is 1.97 bits per heavy atom. The topological polar surface area (TPSA) is 88.1 Å². The molecule has 1 fully saturated rings. The van der Waals surface area contributed by atoms with E-state index in [2.05, 4.69) is 25.5 Å². The Morgan fingerprint density at radius 3 is 2.79 bits per heavy atom. The zero-order valence-electron chi connectivity index (χ0n) is 18.5. The van der Waals surface area contributed by atoms with Gasteiger partial charge >= 0.3 is 0 Å². The minimum atomic E-state index is -0.300. The summed E-state index contributed by atoms with van der Waals surface area (Å²) in [7, 11) is 1.62.